The fourth-order valence-corrected chi connectivity index (χ4v) is 0.202. The number of hydrogen-bond acceptors (Lipinski definition) is 3. The Morgan fingerprint density at radius 3 is 2.67 bits per heavy atom. The summed E-state index contributed by atoms with van der Waals surface area (Å²) >= 11 is 0. The summed E-state index contributed by atoms with van der Waals surface area (Å²) in [5.74, 6) is -0.185. The highest BCUT2D eigenvalue weighted by Crippen LogP contribution is 1.63. The maximum Gasteiger partial charge on any atom is 0.256 e. The van der Waals surface area contributed by atoms with Crippen LogP contribution in [-0.4, -0.2) is 30.6 Å². The molecule has 50 valence electrons. The molecule has 0 aromatic rings. The van der Waals surface area contributed by atoms with E-state index in [0.29, 0.717) is 0 Å². The lowest BCUT2D eigenvalue weighted by molar-refractivity contribution is 0.317. The van der Waals surface area contributed by atoms with Gasteiger partial charge in [0.15, 0.2) is 0 Å². The van der Waals surface area contributed by atoms with Crippen molar-refractivity contribution in [3.63, 3.8) is 0 Å². The summed E-state index contributed by atoms with van der Waals surface area (Å²) in [5.41, 5.74) is 4.95. The molecule has 0 aliphatic rings. The van der Waals surface area contributed by atoms with Crippen molar-refractivity contribution in [2.45, 2.75) is 0 Å². The minimum atomic E-state index is -0.185. The molecule has 0 aliphatic heterocycles. The van der Waals surface area contributed by atoms with Crippen molar-refractivity contribution in [1.29, 1.82) is 0 Å². The topological polar surface area (TPSA) is 83.3 Å². The molecular weight excluding hydrogens is 120 g/mol. The molecule has 0 saturated carbocycles. The number of nitrogens with two attached hydrogens (primary N) is 1. The van der Waals surface area contributed by atoms with Crippen molar-refractivity contribution in [3.05, 3.63) is 0 Å². The van der Waals surface area contributed by atoms with Crippen molar-refractivity contribution in [3.8, 4) is 0 Å². The van der Waals surface area contributed by atoms with Crippen LogP contribution in [0.3, 0.4) is 0 Å². The molecule has 0 aromatic heterocycles. The van der Waals surface area contributed by atoms with E-state index >= 15 is 0 Å². The molecule has 0 unspecified atom stereocenters. The van der Waals surface area contributed by atoms with Gasteiger partial charge in [-0.1, -0.05) is 0 Å². The molecule has 0 bridgehead atoms. The lowest BCUT2D eigenvalue weighted by Crippen LogP contribution is -2.07. The van der Waals surface area contributed by atoms with Crippen LogP contribution in [0.1, 0.15) is 0 Å². The SMILES string of the molecule is CN=CC=N/C(N)=N/O. The smallest absolute Gasteiger partial charge is 0.256 e. The zero-order chi connectivity index (χ0) is 7.11. The zero-order valence-corrected chi connectivity index (χ0v) is 5.02. The minimum absolute atomic E-state index is 0.185. The molecule has 0 saturated heterocycles. The molecule has 0 atom stereocenters. The molecule has 0 rings (SSSR count). The third-order valence-corrected chi connectivity index (χ3v) is 0.525. The van der Waals surface area contributed by atoms with E-state index in [2.05, 4.69) is 15.1 Å². The number of aliphatic imine (C=N–C) groups is 2. The molecule has 0 amide bonds. The van der Waals surface area contributed by atoms with Crippen LogP contribution >= 0.6 is 0 Å². The van der Waals surface area contributed by atoms with Gasteiger partial charge in [0.25, 0.3) is 5.96 Å². The normalized spacial score (nSPS) is 13.7. The third kappa shape index (κ3) is 4.46. The molecule has 0 spiro atoms. The maximum atomic E-state index is 7.94. The zero-order valence-electron chi connectivity index (χ0n) is 5.02. The van der Waals surface area contributed by atoms with E-state index in [-0.39, 0.29) is 5.96 Å². The van der Waals surface area contributed by atoms with E-state index in [4.69, 9.17) is 10.9 Å². The highest BCUT2D eigenvalue weighted by atomic mass is 16.4. The number of guanidine groups is 1. The van der Waals surface area contributed by atoms with Gasteiger partial charge in [0.2, 0.25) is 0 Å². The molecule has 9 heavy (non-hydrogen) atoms. The molecule has 0 radical (unpaired) electrons. The summed E-state index contributed by atoms with van der Waals surface area (Å²) in [6.45, 7) is 0. The van der Waals surface area contributed by atoms with Crippen LogP contribution in [0.5, 0.6) is 0 Å². The van der Waals surface area contributed by atoms with Gasteiger partial charge in [-0.25, -0.2) is 4.99 Å². The Bertz CT molecular complexity index is 149. The van der Waals surface area contributed by atoms with Gasteiger partial charge in [0.1, 0.15) is 0 Å². The van der Waals surface area contributed by atoms with E-state index in [1.165, 1.54) is 12.4 Å². The van der Waals surface area contributed by atoms with Crippen molar-refractivity contribution in [2.75, 3.05) is 7.05 Å². The number of hydrogen-bond donors (Lipinski definition) is 2. The van der Waals surface area contributed by atoms with Crippen molar-refractivity contribution in [2.24, 2.45) is 20.9 Å². The number of rotatable bonds is 1. The van der Waals surface area contributed by atoms with Crippen LogP contribution in [0.2, 0.25) is 0 Å². The van der Waals surface area contributed by atoms with Gasteiger partial charge in [-0.2, -0.15) is 0 Å². The molecule has 5 nitrogen and oxygen atoms in total. The van der Waals surface area contributed by atoms with Crippen LogP contribution in [0.25, 0.3) is 0 Å². The summed E-state index contributed by atoms with van der Waals surface area (Å²) in [7, 11) is 1.60. The standard InChI is InChI=1S/C4H8N4O/c1-6-2-3-7-4(5)8-9/h2-3,9H,1H3,(H2,5,8). The fourth-order valence-electron chi connectivity index (χ4n) is 0.202. The fraction of sp³-hybridized carbons (Fsp3) is 0.250. The second kappa shape index (κ2) is 4.76. The third-order valence-electron chi connectivity index (χ3n) is 0.525. The predicted molar refractivity (Wildman–Crippen MR) is 36.3 cm³/mol. The molecule has 0 aromatic carbocycles. The van der Waals surface area contributed by atoms with Gasteiger partial charge in [-0.05, 0) is 5.16 Å². The predicted octanol–water partition coefficient (Wildman–Crippen LogP) is -0.538. The summed E-state index contributed by atoms with van der Waals surface area (Å²) in [6, 6.07) is 0. The van der Waals surface area contributed by atoms with Crippen molar-refractivity contribution < 1.29 is 5.21 Å². The van der Waals surface area contributed by atoms with E-state index in [1.807, 2.05) is 0 Å². The Labute approximate surface area is 52.6 Å². The molecule has 0 aliphatic carbocycles. The minimum Gasteiger partial charge on any atom is -0.408 e. The van der Waals surface area contributed by atoms with Crippen LogP contribution in [0.15, 0.2) is 15.1 Å². The number of nitrogens with zero attached hydrogens (tertiary/aromatic N) is 3. The molecule has 3 N–H and O–H groups in total. The highest BCUT2D eigenvalue weighted by molar-refractivity contribution is 6.18. The summed E-state index contributed by atoms with van der Waals surface area (Å²) in [4.78, 5) is 7.01. The van der Waals surface area contributed by atoms with Gasteiger partial charge in [-0.3, -0.25) is 4.99 Å². The van der Waals surface area contributed by atoms with Crippen LogP contribution < -0.4 is 5.73 Å². The van der Waals surface area contributed by atoms with Gasteiger partial charge in [0.05, 0.1) is 0 Å². The van der Waals surface area contributed by atoms with E-state index in [9.17, 15) is 0 Å². The Balaban J connectivity index is 3.71. The quantitative estimate of drug-likeness (QED) is 0.215. The first kappa shape index (κ1) is 7.61. The second-order valence-corrected chi connectivity index (χ2v) is 1.14. The van der Waals surface area contributed by atoms with Gasteiger partial charge >= 0.3 is 0 Å². The monoisotopic (exact) mass is 128 g/mol. The van der Waals surface area contributed by atoms with E-state index < -0.39 is 0 Å². The largest absolute Gasteiger partial charge is 0.408 e. The highest BCUT2D eigenvalue weighted by Gasteiger charge is 1.77. The van der Waals surface area contributed by atoms with E-state index in [0.717, 1.165) is 0 Å². The lowest BCUT2D eigenvalue weighted by Gasteiger charge is -1.80. The number of oxime groups is 1. The van der Waals surface area contributed by atoms with Crippen LogP contribution in [-0.2, 0) is 0 Å². The first-order valence-electron chi connectivity index (χ1n) is 2.23. The van der Waals surface area contributed by atoms with Crippen molar-refractivity contribution >= 4 is 18.4 Å². The average molecular weight is 128 g/mol. The molecule has 0 heterocycles. The Morgan fingerprint density at radius 1 is 1.56 bits per heavy atom. The summed E-state index contributed by atoms with van der Waals surface area (Å²) < 4.78 is 0. The Kier molecular flexibility index (Phi) is 4.03. The summed E-state index contributed by atoms with van der Waals surface area (Å²) in [6.07, 6.45) is 2.76. The van der Waals surface area contributed by atoms with Crippen molar-refractivity contribution in [1.82, 2.24) is 0 Å². The van der Waals surface area contributed by atoms with Gasteiger partial charge in [0, 0.05) is 19.5 Å². The van der Waals surface area contributed by atoms with Gasteiger partial charge < -0.3 is 10.9 Å². The second-order valence-electron chi connectivity index (χ2n) is 1.14. The van der Waals surface area contributed by atoms with Crippen LogP contribution in [0.4, 0.5) is 0 Å². The molecular formula is C4H8N4O. The maximum absolute atomic E-state index is 7.94. The average Bonchev–Trinajstić information content (AvgIpc) is 1.89. The molecule has 0 fully saturated rings. The lowest BCUT2D eigenvalue weighted by atomic mass is 10.8. The van der Waals surface area contributed by atoms with E-state index in [1.54, 1.807) is 7.05 Å². The summed E-state index contributed by atoms with van der Waals surface area (Å²) in [5, 5.41) is 10.5. The first-order valence-corrected chi connectivity index (χ1v) is 2.23. The van der Waals surface area contributed by atoms with Crippen LogP contribution in [0, 0.1) is 0 Å². The molecule has 5 heteroatoms. The first-order chi connectivity index (χ1) is 4.31. The Morgan fingerprint density at radius 2 is 2.22 bits per heavy atom. The Hall–Kier alpha value is -1.39. The van der Waals surface area contributed by atoms with Gasteiger partial charge in [-0.15, -0.1) is 0 Å².